The minimum Gasteiger partial charge on any atom is -0.367 e. The Hall–Kier alpha value is -1.91. The molecule has 0 bridgehead atoms. The predicted octanol–water partition coefficient (Wildman–Crippen LogP) is 3.74. The molecule has 4 rings (SSSR count). The van der Waals surface area contributed by atoms with Crippen LogP contribution in [0.15, 0.2) is 48.5 Å². The quantitative estimate of drug-likeness (QED) is 0.832. The Morgan fingerprint density at radius 1 is 1.00 bits per heavy atom. The first-order chi connectivity index (χ1) is 12.6. The number of benzene rings is 2. The molecular formula is C22H28FN3. The summed E-state index contributed by atoms with van der Waals surface area (Å²) in [6.45, 7) is 10.8. The molecule has 0 spiro atoms. The lowest BCUT2D eigenvalue weighted by atomic mass is 10.1. The van der Waals surface area contributed by atoms with Crippen molar-refractivity contribution >= 4 is 5.69 Å². The summed E-state index contributed by atoms with van der Waals surface area (Å²) >= 11 is 0. The van der Waals surface area contributed by atoms with E-state index in [9.17, 15) is 4.39 Å². The molecule has 2 heterocycles. The van der Waals surface area contributed by atoms with Crippen LogP contribution in [0.3, 0.4) is 0 Å². The molecular weight excluding hydrogens is 325 g/mol. The number of rotatable bonds is 3. The van der Waals surface area contributed by atoms with Gasteiger partial charge in [0.15, 0.2) is 0 Å². The van der Waals surface area contributed by atoms with Gasteiger partial charge >= 0.3 is 0 Å². The van der Waals surface area contributed by atoms with Crippen LogP contribution in [0.5, 0.6) is 0 Å². The summed E-state index contributed by atoms with van der Waals surface area (Å²) in [6.07, 6.45) is 0. The van der Waals surface area contributed by atoms with Crippen LogP contribution in [0.1, 0.15) is 25.0 Å². The molecule has 2 aromatic rings. The zero-order valence-corrected chi connectivity index (χ0v) is 15.7. The van der Waals surface area contributed by atoms with Gasteiger partial charge in [-0.3, -0.25) is 9.80 Å². The van der Waals surface area contributed by atoms with Crippen LogP contribution in [0.25, 0.3) is 0 Å². The second-order valence-corrected chi connectivity index (χ2v) is 7.86. The third-order valence-electron chi connectivity index (χ3n) is 5.71. The molecule has 0 radical (unpaired) electrons. The number of anilines is 1. The predicted molar refractivity (Wildman–Crippen MR) is 105 cm³/mol. The standard InChI is InChI=1S/C22H28FN3/c1-17(2)26-16-21-15-24(13-18-7-9-20(23)10-8-18)11-12-25(21)14-19-5-3-4-6-22(19)26/h3-10,17,21H,11-16H2,1-2H3. The summed E-state index contributed by atoms with van der Waals surface area (Å²) in [5.74, 6) is -0.160. The maximum atomic E-state index is 13.2. The van der Waals surface area contributed by atoms with Crippen LogP contribution >= 0.6 is 0 Å². The van der Waals surface area contributed by atoms with Crippen molar-refractivity contribution in [3.8, 4) is 0 Å². The Kier molecular flexibility index (Phi) is 4.96. The number of para-hydroxylation sites is 1. The van der Waals surface area contributed by atoms with Crippen molar-refractivity contribution < 1.29 is 4.39 Å². The first-order valence-corrected chi connectivity index (χ1v) is 9.65. The molecule has 2 aromatic carbocycles. The zero-order valence-electron chi connectivity index (χ0n) is 15.7. The van der Waals surface area contributed by atoms with Crippen LogP contribution in [0.2, 0.25) is 0 Å². The fraction of sp³-hybridized carbons (Fsp3) is 0.455. The second-order valence-electron chi connectivity index (χ2n) is 7.86. The molecule has 0 saturated carbocycles. The van der Waals surface area contributed by atoms with E-state index in [2.05, 4.69) is 52.8 Å². The van der Waals surface area contributed by atoms with Crippen molar-refractivity contribution in [2.45, 2.75) is 39.0 Å². The number of fused-ring (bicyclic) bond motifs is 2. The third-order valence-corrected chi connectivity index (χ3v) is 5.71. The van der Waals surface area contributed by atoms with E-state index in [4.69, 9.17) is 0 Å². The number of halogens is 1. The third kappa shape index (κ3) is 3.62. The highest BCUT2D eigenvalue weighted by Crippen LogP contribution is 2.30. The van der Waals surface area contributed by atoms with E-state index in [1.54, 1.807) is 12.1 Å². The monoisotopic (exact) mass is 353 g/mol. The van der Waals surface area contributed by atoms with Crippen LogP contribution in [-0.4, -0.2) is 48.1 Å². The molecule has 0 amide bonds. The summed E-state index contributed by atoms with van der Waals surface area (Å²) in [7, 11) is 0. The van der Waals surface area contributed by atoms with Gasteiger partial charge in [-0.25, -0.2) is 4.39 Å². The van der Waals surface area contributed by atoms with E-state index in [1.807, 2.05) is 12.1 Å². The highest BCUT2D eigenvalue weighted by molar-refractivity contribution is 5.55. The number of hydrogen-bond acceptors (Lipinski definition) is 3. The van der Waals surface area contributed by atoms with E-state index >= 15 is 0 Å². The average Bonchev–Trinajstić information content (AvgIpc) is 2.80. The first kappa shape index (κ1) is 17.5. The fourth-order valence-electron chi connectivity index (χ4n) is 4.29. The van der Waals surface area contributed by atoms with E-state index in [-0.39, 0.29) is 5.82 Å². The molecule has 0 N–H and O–H groups in total. The molecule has 2 aliphatic heterocycles. The van der Waals surface area contributed by atoms with Gasteiger partial charge in [-0.1, -0.05) is 30.3 Å². The summed E-state index contributed by atoms with van der Waals surface area (Å²) < 4.78 is 13.2. The van der Waals surface area contributed by atoms with Gasteiger partial charge in [0.25, 0.3) is 0 Å². The molecule has 3 nitrogen and oxygen atoms in total. The normalized spacial score (nSPS) is 21.4. The van der Waals surface area contributed by atoms with Crippen LogP contribution in [-0.2, 0) is 13.1 Å². The summed E-state index contributed by atoms with van der Waals surface area (Å²) in [5, 5.41) is 0. The highest BCUT2D eigenvalue weighted by Gasteiger charge is 2.33. The number of nitrogens with zero attached hydrogens (tertiary/aromatic N) is 3. The molecule has 0 aliphatic carbocycles. The average molecular weight is 353 g/mol. The second kappa shape index (κ2) is 7.37. The summed E-state index contributed by atoms with van der Waals surface area (Å²) in [5.41, 5.74) is 4.02. The van der Waals surface area contributed by atoms with Crippen molar-refractivity contribution in [1.82, 2.24) is 9.80 Å². The van der Waals surface area contributed by atoms with Gasteiger partial charge in [0.05, 0.1) is 0 Å². The minimum atomic E-state index is -0.160. The van der Waals surface area contributed by atoms with Crippen molar-refractivity contribution in [2.75, 3.05) is 31.1 Å². The Labute approximate surface area is 156 Å². The van der Waals surface area contributed by atoms with Crippen LogP contribution in [0, 0.1) is 5.82 Å². The van der Waals surface area contributed by atoms with Gasteiger partial charge in [0, 0.05) is 57.0 Å². The summed E-state index contributed by atoms with van der Waals surface area (Å²) in [4.78, 5) is 7.71. The van der Waals surface area contributed by atoms with E-state index in [1.165, 1.54) is 16.8 Å². The maximum absolute atomic E-state index is 13.2. The number of hydrogen-bond donors (Lipinski definition) is 0. The Bertz CT molecular complexity index is 743. The van der Waals surface area contributed by atoms with Crippen molar-refractivity contribution in [3.05, 3.63) is 65.5 Å². The highest BCUT2D eigenvalue weighted by atomic mass is 19.1. The summed E-state index contributed by atoms with van der Waals surface area (Å²) in [6, 6.07) is 16.8. The minimum absolute atomic E-state index is 0.160. The Balaban J connectivity index is 1.51. The van der Waals surface area contributed by atoms with E-state index in [0.29, 0.717) is 12.1 Å². The van der Waals surface area contributed by atoms with Gasteiger partial charge in [-0.15, -0.1) is 0 Å². The topological polar surface area (TPSA) is 9.72 Å². The maximum Gasteiger partial charge on any atom is 0.123 e. The molecule has 1 saturated heterocycles. The molecule has 1 fully saturated rings. The van der Waals surface area contributed by atoms with Gasteiger partial charge in [0.1, 0.15) is 5.82 Å². The van der Waals surface area contributed by atoms with Crippen molar-refractivity contribution in [3.63, 3.8) is 0 Å². The van der Waals surface area contributed by atoms with Crippen molar-refractivity contribution in [2.24, 2.45) is 0 Å². The lowest BCUT2D eigenvalue weighted by molar-refractivity contribution is 0.0696. The molecule has 0 aromatic heterocycles. The van der Waals surface area contributed by atoms with Gasteiger partial charge in [0.2, 0.25) is 0 Å². The Morgan fingerprint density at radius 3 is 2.54 bits per heavy atom. The van der Waals surface area contributed by atoms with Crippen LogP contribution in [0.4, 0.5) is 10.1 Å². The molecule has 2 aliphatic rings. The number of piperazine rings is 1. The van der Waals surface area contributed by atoms with Crippen molar-refractivity contribution in [1.29, 1.82) is 0 Å². The molecule has 26 heavy (non-hydrogen) atoms. The Morgan fingerprint density at radius 2 is 1.77 bits per heavy atom. The first-order valence-electron chi connectivity index (χ1n) is 9.65. The largest absolute Gasteiger partial charge is 0.367 e. The van der Waals surface area contributed by atoms with E-state index in [0.717, 1.165) is 39.3 Å². The molecule has 1 unspecified atom stereocenters. The SMILES string of the molecule is CC(C)N1CC2CN(Cc3ccc(F)cc3)CCN2Cc2ccccc21. The zero-order chi connectivity index (χ0) is 18.1. The van der Waals surface area contributed by atoms with Gasteiger partial charge in [-0.05, 0) is 43.2 Å². The lowest BCUT2D eigenvalue weighted by Gasteiger charge is -2.42. The van der Waals surface area contributed by atoms with Gasteiger partial charge in [-0.2, -0.15) is 0 Å². The van der Waals surface area contributed by atoms with Gasteiger partial charge < -0.3 is 4.90 Å². The molecule has 138 valence electrons. The fourth-order valence-corrected chi connectivity index (χ4v) is 4.29. The van der Waals surface area contributed by atoms with Crippen LogP contribution < -0.4 is 4.90 Å². The van der Waals surface area contributed by atoms with E-state index < -0.39 is 0 Å². The lowest BCUT2D eigenvalue weighted by Crippen LogP contribution is -2.55. The smallest absolute Gasteiger partial charge is 0.123 e. The molecule has 1 atom stereocenters. The molecule has 4 heteroatoms.